The molecule has 1 heterocycles. The van der Waals surface area contributed by atoms with Gasteiger partial charge in [0, 0.05) is 4.47 Å². The first-order valence-corrected chi connectivity index (χ1v) is 6.55. The van der Waals surface area contributed by atoms with Crippen LogP contribution in [0.3, 0.4) is 0 Å². The van der Waals surface area contributed by atoms with Crippen molar-refractivity contribution in [1.29, 1.82) is 0 Å². The van der Waals surface area contributed by atoms with E-state index in [0.29, 0.717) is 23.5 Å². The van der Waals surface area contributed by atoms with Crippen molar-refractivity contribution in [1.82, 2.24) is 0 Å². The molecule has 0 spiro atoms. The highest BCUT2D eigenvalue weighted by Crippen LogP contribution is 2.29. The number of halogens is 2. The van der Waals surface area contributed by atoms with Crippen molar-refractivity contribution >= 4 is 27.5 Å². The molecule has 0 aromatic heterocycles. The van der Waals surface area contributed by atoms with Gasteiger partial charge in [0.2, 0.25) is 0 Å². The van der Waals surface area contributed by atoms with Crippen LogP contribution in [0.25, 0.3) is 0 Å². The zero-order valence-electron chi connectivity index (χ0n) is 9.08. The van der Waals surface area contributed by atoms with Gasteiger partial charge in [-0.05, 0) is 38.0 Å². The van der Waals surface area contributed by atoms with E-state index in [1.807, 2.05) is 18.2 Å². The molecule has 0 N–H and O–H groups in total. The summed E-state index contributed by atoms with van der Waals surface area (Å²) < 4.78 is 12.3. The lowest BCUT2D eigenvalue weighted by Gasteiger charge is -2.13. The maximum Gasteiger partial charge on any atom is 0.139 e. The Hall–Kier alpha value is -0.250. The van der Waals surface area contributed by atoms with Crippen LogP contribution >= 0.6 is 27.5 Å². The summed E-state index contributed by atoms with van der Waals surface area (Å²) in [7, 11) is 0. The lowest BCUT2D eigenvalue weighted by molar-refractivity contribution is 0.0265. The molecule has 0 radical (unpaired) electrons. The second-order valence-electron chi connectivity index (χ2n) is 4.03. The smallest absolute Gasteiger partial charge is 0.139 e. The molecule has 2 atom stereocenters. The van der Waals surface area contributed by atoms with Crippen LogP contribution in [-0.4, -0.2) is 18.8 Å². The molecular formula is C12H14BrClO2. The molecule has 2 rings (SSSR count). The van der Waals surface area contributed by atoms with Gasteiger partial charge in [-0.25, -0.2) is 0 Å². The molecule has 2 nitrogen and oxygen atoms in total. The predicted octanol–water partition coefficient (Wildman–Crippen LogP) is 4.05. The molecular weight excluding hydrogens is 291 g/mol. The van der Waals surface area contributed by atoms with Crippen LogP contribution < -0.4 is 4.74 Å². The molecule has 0 saturated carbocycles. The van der Waals surface area contributed by atoms with Crippen molar-refractivity contribution in [3.63, 3.8) is 0 Å². The van der Waals surface area contributed by atoms with Crippen molar-refractivity contribution in [2.24, 2.45) is 0 Å². The Morgan fingerprint density at radius 3 is 3.00 bits per heavy atom. The predicted molar refractivity (Wildman–Crippen MR) is 68.2 cm³/mol. The van der Waals surface area contributed by atoms with E-state index < -0.39 is 0 Å². The third kappa shape index (κ3) is 3.12. The quantitative estimate of drug-likeness (QED) is 0.839. The average molecular weight is 306 g/mol. The Labute approximate surface area is 109 Å². The van der Waals surface area contributed by atoms with Crippen molar-refractivity contribution in [3.05, 3.63) is 27.7 Å². The summed E-state index contributed by atoms with van der Waals surface area (Å²) in [6, 6.07) is 5.59. The maximum atomic E-state index is 6.02. The van der Waals surface area contributed by atoms with Gasteiger partial charge in [-0.1, -0.05) is 27.5 Å². The van der Waals surface area contributed by atoms with E-state index in [1.165, 1.54) is 0 Å². The number of hydrogen-bond acceptors (Lipinski definition) is 2. The topological polar surface area (TPSA) is 18.5 Å². The van der Waals surface area contributed by atoms with Crippen LogP contribution in [-0.2, 0) is 4.74 Å². The zero-order chi connectivity index (χ0) is 11.5. The molecule has 0 amide bonds. The summed E-state index contributed by atoms with van der Waals surface area (Å²) in [6.45, 7) is 2.66. The fourth-order valence-corrected chi connectivity index (χ4v) is 2.29. The van der Waals surface area contributed by atoms with Crippen LogP contribution in [0, 0.1) is 0 Å². The van der Waals surface area contributed by atoms with Gasteiger partial charge in [0.1, 0.15) is 12.4 Å². The number of ether oxygens (including phenoxy) is 2. The van der Waals surface area contributed by atoms with Crippen LogP contribution in [0.1, 0.15) is 19.8 Å². The van der Waals surface area contributed by atoms with Gasteiger partial charge in [0.05, 0.1) is 17.2 Å². The molecule has 1 aliphatic heterocycles. The molecule has 4 heteroatoms. The normalized spacial score (nSPS) is 24.7. The Balaban J connectivity index is 1.91. The molecule has 1 aliphatic rings. The minimum atomic E-state index is 0.199. The molecule has 16 heavy (non-hydrogen) atoms. The molecule has 1 saturated heterocycles. The van der Waals surface area contributed by atoms with Crippen LogP contribution in [0.4, 0.5) is 0 Å². The van der Waals surface area contributed by atoms with E-state index in [9.17, 15) is 0 Å². The van der Waals surface area contributed by atoms with E-state index in [0.717, 1.165) is 17.3 Å². The standard InChI is InChI=1S/C12H14BrClO2/c1-8-2-4-10(16-8)7-15-12-6-9(13)3-5-11(12)14/h3,5-6,8,10H,2,4,7H2,1H3. The van der Waals surface area contributed by atoms with E-state index in [-0.39, 0.29) is 6.10 Å². The molecule has 0 bridgehead atoms. The average Bonchev–Trinajstić information content (AvgIpc) is 2.66. The maximum absolute atomic E-state index is 6.02. The summed E-state index contributed by atoms with van der Waals surface area (Å²) in [5.41, 5.74) is 0. The fraction of sp³-hybridized carbons (Fsp3) is 0.500. The Bertz CT molecular complexity index is 370. The van der Waals surface area contributed by atoms with Crippen molar-refractivity contribution in [2.75, 3.05) is 6.61 Å². The highest BCUT2D eigenvalue weighted by molar-refractivity contribution is 9.10. The second kappa shape index (κ2) is 5.39. The lowest BCUT2D eigenvalue weighted by atomic mass is 10.2. The monoisotopic (exact) mass is 304 g/mol. The van der Waals surface area contributed by atoms with Crippen LogP contribution in [0.15, 0.2) is 22.7 Å². The summed E-state index contributed by atoms with van der Waals surface area (Å²) >= 11 is 9.41. The summed E-state index contributed by atoms with van der Waals surface area (Å²) in [5.74, 6) is 0.708. The first-order chi connectivity index (χ1) is 7.65. The van der Waals surface area contributed by atoms with Crippen molar-refractivity contribution in [2.45, 2.75) is 32.0 Å². The SMILES string of the molecule is CC1CCC(COc2cc(Br)ccc2Cl)O1. The molecule has 1 aromatic carbocycles. The third-order valence-corrected chi connectivity index (χ3v) is 3.44. The van der Waals surface area contributed by atoms with Gasteiger partial charge < -0.3 is 9.47 Å². The highest BCUT2D eigenvalue weighted by atomic mass is 79.9. The number of rotatable bonds is 3. The highest BCUT2D eigenvalue weighted by Gasteiger charge is 2.22. The van der Waals surface area contributed by atoms with Gasteiger partial charge in [-0.3, -0.25) is 0 Å². The Kier molecular flexibility index (Phi) is 4.11. The molecule has 88 valence electrons. The molecule has 0 aliphatic carbocycles. The third-order valence-electron chi connectivity index (χ3n) is 2.64. The second-order valence-corrected chi connectivity index (χ2v) is 5.35. The van der Waals surface area contributed by atoms with Crippen LogP contribution in [0.2, 0.25) is 5.02 Å². The fourth-order valence-electron chi connectivity index (χ4n) is 1.78. The zero-order valence-corrected chi connectivity index (χ0v) is 11.4. The van der Waals surface area contributed by atoms with E-state index in [4.69, 9.17) is 21.1 Å². The molecule has 1 aromatic rings. The number of benzene rings is 1. The van der Waals surface area contributed by atoms with Crippen molar-refractivity contribution in [3.8, 4) is 5.75 Å². The summed E-state index contributed by atoms with van der Waals surface area (Å²) in [5, 5.41) is 0.634. The van der Waals surface area contributed by atoms with Gasteiger partial charge in [0.25, 0.3) is 0 Å². The largest absolute Gasteiger partial charge is 0.489 e. The minimum absolute atomic E-state index is 0.199. The van der Waals surface area contributed by atoms with Gasteiger partial charge in [-0.2, -0.15) is 0 Å². The molecule has 1 fully saturated rings. The number of hydrogen-bond donors (Lipinski definition) is 0. The Morgan fingerprint density at radius 2 is 2.31 bits per heavy atom. The molecule has 2 unspecified atom stereocenters. The summed E-state index contributed by atoms with van der Waals surface area (Å²) in [4.78, 5) is 0. The Morgan fingerprint density at radius 1 is 1.50 bits per heavy atom. The first-order valence-electron chi connectivity index (χ1n) is 5.38. The van der Waals surface area contributed by atoms with Crippen LogP contribution in [0.5, 0.6) is 5.75 Å². The summed E-state index contributed by atoms with van der Waals surface area (Å²) in [6.07, 6.45) is 2.73. The van der Waals surface area contributed by atoms with Gasteiger partial charge in [-0.15, -0.1) is 0 Å². The minimum Gasteiger partial charge on any atom is -0.489 e. The van der Waals surface area contributed by atoms with E-state index in [2.05, 4.69) is 22.9 Å². The first kappa shape index (κ1) is 12.2. The van der Waals surface area contributed by atoms with Gasteiger partial charge >= 0.3 is 0 Å². The van der Waals surface area contributed by atoms with Gasteiger partial charge in [0.15, 0.2) is 0 Å². The van der Waals surface area contributed by atoms with E-state index in [1.54, 1.807) is 0 Å². The lowest BCUT2D eigenvalue weighted by Crippen LogP contribution is -2.17. The van der Waals surface area contributed by atoms with Crippen molar-refractivity contribution < 1.29 is 9.47 Å². The van der Waals surface area contributed by atoms with E-state index >= 15 is 0 Å².